The van der Waals surface area contributed by atoms with Crippen molar-refractivity contribution in [2.24, 2.45) is 0 Å². The molecule has 1 rings (SSSR count). The van der Waals surface area contributed by atoms with E-state index in [9.17, 15) is 9.59 Å². The van der Waals surface area contributed by atoms with Gasteiger partial charge in [-0.05, 0) is 20.3 Å². The first-order chi connectivity index (χ1) is 7.61. The van der Waals surface area contributed by atoms with Crippen LogP contribution < -0.4 is 5.43 Å². The number of rotatable bonds is 4. The van der Waals surface area contributed by atoms with Crippen LogP contribution in [-0.2, 0) is 0 Å². The number of carbonyl (C=O) groups is 1. The normalized spacial score (nSPS) is 12.2. The second kappa shape index (κ2) is 5.49. The lowest BCUT2D eigenvalue weighted by molar-refractivity contribution is 0.0698. The van der Waals surface area contributed by atoms with Crippen molar-refractivity contribution in [3.05, 3.63) is 34.2 Å². The number of H-pyrrole nitrogens is 1. The van der Waals surface area contributed by atoms with Gasteiger partial charge in [-0.25, -0.2) is 0 Å². The Labute approximate surface area is 95.3 Å². The molecule has 4 heteroatoms. The fourth-order valence-corrected chi connectivity index (χ4v) is 1.61. The molecule has 1 heterocycles. The Morgan fingerprint density at radius 3 is 2.69 bits per heavy atom. The summed E-state index contributed by atoms with van der Waals surface area (Å²) < 4.78 is 0. The fraction of sp³-hybridized carbons (Fsp3) is 0.500. The van der Waals surface area contributed by atoms with Crippen LogP contribution >= 0.6 is 0 Å². The van der Waals surface area contributed by atoms with Crippen molar-refractivity contribution in [3.63, 3.8) is 0 Å². The van der Waals surface area contributed by atoms with Crippen LogP contribution in [0, 0.1) is 0 Å². The van der Waals surface area contributed by atoms with Gasteiger partial charge < -0.3 is 9.88 Å². The van der Waals surface area contributed by atoms with Crippen molar-refractivity contribution in [1.29, 1.82) is 0 Å². The molecule has 0 saturated heterocycles. The number of aromatic amines is 1. The quantitative estimate of drug-likeness (QED) is 0.842. The minimum atomic E-state index is -0.231. The molecule has 4 nitrogen and oxygen atoms in total. The van der Waals surface area contributed by atoms with E-state index in [0.717, 1.165) is 6.42 Å². The highest BCUT2D eigenvalue weighted by molar-refractivity contribution is 5.93. The third kappa shape index (κ3) is 2.51. The van der Waals surface area contributed by atoms with Crippen molar-refractivity contribution in [1.82, 2.24) is 9.88 Å². The number of nitrogens with one attached hydrogen (secondary N) is 1. The van der Waals surface area contributed by atoms with Crippen LogP contribution in [0.5, 0.6) is 0 Å². The Kier molecular flexibility index (Phi) is 4.28. The zero-order chi connectivity index (χ0) is 12.1. The Balaban J connectivity index is 3.01. The van der Waals surface area contributed by atoms with Crippen LogP contribution in [0.25, 0.3) is 0 Å². The van der Waals surface area contributed by atoms with E-state index in [4.69, 9.17) is 0 Å². The number of amides is 1. The highest BCUT2D eigenvalue weighted by Crippen LogP contribution is 2.07. The first-order valence-corrected chi connectivity index (χ1v) is 5.59. The van der Waals surface area contributed by atoms with E-state index in [1.165, 1.54) is 18.5 Å². The zero-order valence-electron chi connectivity index (χ0n) is 9.99. The molecule has 0 saturated carbocycles. The average Bonchev–Trinajstić information content (AvgIpc) is 2.30. The van der Waals surface area contributed by atoms with Crippen molar-refractivity contribution < 1.29 is 4.79 Å². The van der Waals surface area contributed by atoms with Crippen molar-refractivity contribution in [2.75, 3.05) is 6.54 Å². The predicted molar refractivity (Wildman–Crippen MR) is 63.5 cm³/mol. The summed E-state index contributed by atoms with van der Waals surface area (Å²) in [5.74, 6) is -0.196. The number of carbonyl (C=O) groups excluding carboxylic acids is 1. The molecule has 1 amide bonds. The monoisotopic (exact) mass is 222 g/mol. The molecule has 0 aliphatic carbocycles. The van der Waals surface area contributed by atoms with Crippen LogP contribution in [0.2, 0.25) is 0 Å². The van der Waals surface area contributed by atoms with Gasteiger partial charge in [-0.3, -0.25) is 9.59 Å². The molecule has 0 aliphatic heterocycles. The summed E-state index contributed by atoms with van der Waals surface area (Å²) in [5, 5.41) is 0. The van der Waals surface area contributed by atoms with Gasteiger partial charge in [0.2, 0.25) is 0 Å². The number of aromatic nitrogens is 1. The second-order valence-corrected chi connectivity index (χ2v) is 3.77. The van der Waals surface area contributed by atoms with Gasteiger partial charge in [0.05, 0.1) is 0 Å². The molecular formula is C12H18N2O2. The van der Waals surface area contributed by atoms with Crippen LogP contribution in [0.3, 0.4) is 0 Å². The number of hydrogen-bond acceptors (Lipinski definition) is 2. The summed E-state index contributed by atoms with van der Waals surface area (Å²) in [6, 6.07) is 1.52. The van der Waals surface area contributed by atoms with E-state index in [-0.39, 0.29) is 22.9 Å². The average molecular weight is 222 g/mol. The molecule has 0 aromatic carbocycles. The summed E-state index contributed by atoms with van der Waals surface area (Å²) >= 11 is 0. The van der Waals surface area contributed by atoms with Crippen molar-refractivity contribution in [2.45, 2.75) is 33.2 Å². The van der Waals surface area contributed by atoms with Crippen molar-refractivity contribution in [3.8, 4) is 0 Å². The second-order valence-electron chi connectivity index (χ2n) is 3.77. The van der Waals surface area contributed by atoms with Gasteiger partial charge in [-0.1, -0.05) is 6.92 Å². The van der Waals surface area contributed by atoms with Gasteiger partial charge >= 0.3 is 0 Å². The van der Waals surface area contributed by atoms with Crippen LogP contribution in [0.4, 0.5) is 0 Å². The van der Waals surface area contributed by atoms with E-state index in [2.05, 4.69) is 4.98 Å². The molecule has 1 aromatic heterocycles. The first kappa shape index (κ1) is 12.5. The molecule has 16 heavy (non-hydrogen) atoms. The molecule has 0 aliphatic rings. The smallest absolute Gasteiger partial charge is 0.259 e. The molecule has 1 atom stereocenters. The van der Waals surface area contributed by atoms with Gasteiger partial charge in [0.1, 0.15) is 5.56 Å². The van der Waals surface area contributed by atoms with Gasteiger partial charge in [-0.15, -0.1) is 0 Å². The minimum Gasteiger partial charge on any atom is -0.367 e. The van der Waals surface area contributed by atoms with E-state index < -0.39 is 0 Å². The Morgan fingerprint density at radius 2 is 2.19 bits per heavy atom. The zero-order valence-corrected chi connectivity index (χ0v) is 9.99. The molecule has 1 N–H and O–H groups in total. The maximum atomic E-state index is 12.1. The fourth-order valence-electron chi connectivity index (χ4n) is 1.61. The van der Waals surface area contributed by atoms with Gasteiger partial charge in [0.15, 0.2) is 5.43 Å². The Hall–Kier alpha value is -1.58. The van der Waals surface area contributed by atoms with E-state index in [1.54, 1.807) is 4.90 Å². The summed E-state index contributed by atoms with van der Waals surface area (Å²) in [4.78, 5) is 28.1. The summed E-state index contributed by atoms with van der Waals surface area (Å²) in [6.07, 6.45) is 3.87. The standard InChI is InChI=1S/C12H18N2O2/c1-4-9(3)14(5-2)12(16)10-8-13-7-6-11(10)15/h6-9H,4-5H2,1-3H3,(H,13,15). The Bertz CT molecular complexity index is 411. The van der Waals surface area contributed by atoms with Crippen LogP contribution in [0.15, 0.2) is 23.3 Å². The van der Waals surface area contributed by atoms with E-state index >= 15 is 0 Å². The maximum Gasteiger partial charge on any atom is 0.259 e. The molecule has 88 valence electrons. The van der Waals surface area contributed by atoms with E-state index in [1.807, 2.05) is 20.8 Å². The molecule has 1 aromatic rings. The molecular weight excluding hydrogens is 204 g/mol. The Morgan fingerprint density at radius 1 is 1.50 bits per heavy atom. The highest BCUT2D eigenvalue weighted by atomic mass is 16.2. The third-order valence-electron chi connectivity index (χ3n) is 2.78. The lowest BCUT2D eigenvalue weighted by atomic mass is 10.1. The lowest BCUT2D eigenvalue weighted by Gasteiger charge is -2.26. The largest absolute Gasteiger partial charge is 0.367 e. The van der Waals surface area contributed by atoms with Gasteiger partial charge in [0, 0.05) is 31.0 Å². The third-order valence-corrected chi connectivity index (χ3v) is 2.78. The SMILES string of the molecule is CCC(C)N(CC)C(=O)c1c[nH]ccc1=O. The molecule has 0 radical (unpaired) electrons. The van der Waals surface area contributed by atoms with Crippen LogP contribution in [0.1, 0.15) is 37.6 Å². The molecule has 0 bridgehead atoms. The number of hydrogen-bond donors (Lipinski definition) is 1. The number of pyridine rings is 1. The van der Waals surface area contributed by atoms with Gasteiger partial charge in [0.25, 0.3) is 5.91 Å². The van der Waals surface area contributed by atoms with Gasteiger partial charge in [-0.2, -0.15) is 0 Å². The maximum absolute atomic E-state index is 12.1. The molecule has 0 spiro atoms. The summed E-state index contributed by atoms with van der Waals surface area (Å²) in [5.41, 5.74) is -0.0184. The molecule has 1 unspecified atom stereocenters. The lowest BCUT2D eigenvalue weighted by Crippen LogP contribution is -2.40. The predicted octanol–water partition coefficient (Wildman–Crippen LogP) is 1.64. The van der Waals surface area contributed by atoms with E-state index in [0.29, 0.717) is 6.54 Å². The van der Waals surface area contributed by atoms with Crippen molar-refractivity contribution >= 4 is 5.91 Å². The minimum absolute atomic E-state index is 0.150. The summed E-state index contributed by atoms with van der Waals surface area (Å²) in [6.45, 7) is 6.54. The summed E-state index contributed by atoms with van der Waals surface area (Å²) in [7, 11) is 0. The molecule has 0 fully saturated rings. The number of nitrogens with zero attached hydrogens (tertiary/aromatic N) is 1. The van der Waals surface area contributed by atoms with Crippen LogP contribution in [-0.4, -0.2) is 28.4 Å². The first-order valence-electron chi connectivity index (χ1n) is 5.59. The topological polar surface area (TPSA) is 53.2 Å². The highest BCUT2D eigenvalue weighted by Gasteiger charge is 2.20.